The maximum atomic E-state index is 9.39. The van der Waals surface area contributed by atoms with Gasteiger partial charge in [0.2, 0.25) is 0 Å². The summed E-state index contributed by atoms with van der Waals surface area (Å²) in [6.45, 7) is 8.75. The van der Waals surface area contributed by atoms with Crippen LogP contribution in [0.1, 0.15) is 58.1 Å². The second-order valence-corrected chi connectivity index (χ2v) is 6.83. The molecule has 5 nitrogen and oxygen atoms in total. The van der Waals surface area contributed by atoms with Crippen molar-refractivity contribution in [2.24, 2.45) is 5.92 Å². The predicted molar refractivity (Wildman–Crippen MR) is 88.7 cm³/mol. The highest BCUT2D eigenvalue weighted by molar-refractivity contribution is 4.94. The zero-order valence-corrected chi connectivity index (χ0v) is 14.2. The Labute approximate surface area is 134 Å². The topological polar surface area (TPSA) is 54.2 Å². The summed E-state index contributed by atoms with van der Waals surface area (Å²) in [4.78, 5) is 2.62. The van der Waals surface area contributed by atoms with Crippen LogP contribution in [0, 0.1) is 5.92 Å². The van der Waals surface area contributed by atoms with Crippen LogP contribution in [0.5, 0.6) is 0 Å². The SMILES string of the molecule is CCCCCCN1CCC(Cn2cc(C[C@H](C)O)nn2)CC1. The van der Waals surface area contributed by atoms with Crippen LogP contribution in [0.4, 0.5) is 0 Å². The number of hydrogen-bond acceptors (Lipinski definition) is 4. The largest absolute Gasteiger partial charge is 0.393 e. The first kappa shape index (κ1) is 17.4. The van der Waals surface area contributed by atoms with Gasteiger partial charge in [0.1, 0.15) is 0 Å². The standard InChI is InChI=1S/C17H32N4O/c1-3-4-5-6-9-20-10-7-16(8-11-20)13-21-14-17(18-19-21)12-15(2)22/h14-16,22H,3-13H2,1-2H3/t15-/m0/s1. The molecule has 0 saturated carbocycles. The van der Waals surface area contributed by atoms with Gasteiger partial charge in [0.25, 0.3) is 0 Å². The van der Waals surface area contributed by atoms with Crippen LogP contribution in [0.2, 0.25) is 0 Å². The second-order valence-electron chi connectivity index (χ2n) is 6.83. The third-order valence-corrected chi connectivity index (χ3v) is 4.57. The Kier molecular flexibility index (Phi) is 7.33. The summed E-state index contributed by atoms with van der Waals surface area (Å²) in [5.74, 6) is 0.716. The molecule has 0 radical (unpaired) electrons. The molecule has 1 fully saturated rings. The maximum absolute atomic E-state index is 9.39. The van der Waals surface area contributed by atoms with Crippen molar-refractivity contribution < 1.29 is 5.11 Å². The molecule has 0 bridgehead atoms. The van der Waals surface area contributed by atoms with E-state index in [9.17, 15) is 5.11 Å². The van der Waals surface area contributed by atoms with E-state index in [1.165, 1.54) is 58.2 Å². The van der Waals surface area contributed by atoms with E-state index in [4.69, 9.17) is 0 Å². The summed E-state index contributed by atoms with van der Waals surface area (Å²) in [5.41, 5.74) is 0.892. The maximum Gasteiger partial charge on any atom is 0.0852 e. The molecule has 1 aromatic rings. The summed E-state index contributed by atoms with van der Waals surface area (Å²) < 4.78 is 1.96. The van der Waals surface area contributed by atoms with E-state index in [0.29, 0.717) is 12.3 Å². The smallest absolute Gasteiger partial charge is 0.0852 e. The molecule has 0 aromatic carbocycles. The number of nitrogens with zero attached hydrogens (tertiary/aromatic N) is 4. The molecular weight excluding hydrogens is 276 g/mol. The fourth-order valence-corrected chi connectivity index (χ4v) is 3.24. The molecule has 0 amide bonds. The first-order chi connectivity index (χ1) is 10.7. The summed E-state index contributed by atoms with van der Waals surface area (Å²) in [5, 5.41) is 17.7. The summed E-state index contributed by atoms with van der Waals surface area (Å²) in [6.07, 6.45) is 10.2. The molecule has 2 heterocycles. The van der Waals surface area contributed by atoms with Crippen molar-refractivity contribution in [1.29, 1.82) is 0 Å². The molecule has 1 aromatic heterocycles. The minimum absolute atomic E-state index is 0.346. The fraction of sp³-hybridized carbons (Fsp3) is 0.882. The van der Waals surface area contributed by atoms with Crippen molar-refractivity contribution in [3.63, 3.8) is 0 Å². The number of likely N-dealkylation sites (tertiary alicyclic amines) is 1. The van der Waals surface area contributed by atoms with Crippen LogP contribution in [0.3, 0.4) is 0 Å². The Morgan fingerprint density at radius 3 is 2.73 bits per heavy atom. The zero-order chi connectivity index (χ0) is 15.8. The molecular formula is C17H32N4O. The molecule has 0 unspecified atom stereocenters. The number of aromatic nitrogens is 3. The highest BCUT2D eigenvalue weighted by Crippen LogP contribution is 2.19. The van der Waals surface area contributed by atoms with E-state index in [1.807, 2.05) is 10.9 Å². The number of piperidine rings is 1. The molecule has 126 valence electrons. The van der Waals surface area contributed by atoms with E-state index < -0.39 is 0 Å². The summed E-state index contributed by atoms with van der Waals surface area (Å²) >= 11 is 0. The third-order valence-electron chi connectivity index (χ3n) is 4.57. The van der Waals surface area contributed by atoms with Gasteiger partial charge in [0.05, 0.1) is 11.8 Å². The van der Waals surface area contributed by atoms with E-state index >= 15 is 0 Å². The number of hydrogen-bond donors (Lipinski definition) is 1. The lowest BCUT2D eigenvalue weighted by atomic mass is 9.96. The van der Waals surface area contributed by atoms with Crippen LogP contribution in [-0.2, 0) is 13.0 Å². The number of aliphatic hydroxyl groups excluding tert-OH is 1. The lowest BCUT2D eigenvalue weighted by Gasteiger charge is -2.31. The van der Waals surface area contributed by atoms with Gasteiger partial charge >= 0.3 is 0 Å². The lowest BCUT2D eigenvalue weighted by molar-refractivity contribution is 0.168. The molecule has 0 spiro atoms. The molecule has 0 aliphatic carbocycles. The molecule has 1 saturated heterocycles. The van der Waals surface area contributed by atoms with Crippen molar-refractivity contribution in [3.8, 4) is 0 Å². The first-order valence-corrected chi connectivity index (χ1v) is 8.96. The Balaban J connectivity index is 1.65. The minimum Gasteiger partial charge on any atom is -0.393 e. The normalized spacial score (nSPS) is 18.7. The van der Waals surface area contributed by atoms with Crippen molar-refractivity contribution >= 4 is 0 Å². The lowest BCUT2D eigenvalue weighted by Crippen LogP contribution is -2.35. The van der Waals surface area contributed by atoms with Gasteiger partial charge in [-0.1, -0.05) is 31.4 Å². The van der Waals surface area contributed by atoms with Crippen molar-refractivity contribution in [2.75, 3.05) is 19.6 Å². The third kappa shape index (κ3) is 6.05. The summed E-state index contributed by atoms with van der Waals surface area (Å²) in [7, 11) is 0. The fourth-order valence-electron chi connectivity index (χ4n) is 3.24. The molecule has 1 atom stereocenters. The Bertz CT molecular complexity index is 411. The van der Waals surface area contributed by atoms with E-state index in [0.717, 1.165) is 12.2 Å². The summed E-state index contributed by atoms with van der Waals surface area (Å²) in [6, 6.07) is 0. The average Bonchev–Trinajstić information content (AvgIpc) is 2.91. The van der Waals surface area contributed by atoms with Crippen LogP contribution < -0.4 is 0 Å². The van der Waals surface area contributed by atoms with Crippen LogP contribution in [0.15, 0.2) is 6.20 Å². The highest BCUT2D eigenvalue weighted by atomic mass is 16.3. The monoisotopic (exact) mass is 308 g/mol. The van der Waals surface area contributed by atoms with Gasteiger partial charge in [-0.05, 0) is 51.7 Å². The average molecular weight is 308 g/mol. The molecule has 2 rings (SSSR count). The van der Waals surface area contributed by atoms with E-state index in [2.05, 4.69) is 22.1 Å². The predicted octanol–water partition coefficient (Wildman–Crippen LogP) is 2.49. The Hall–Kier alpha value is -0.940. The Morgan fingerprint density at radius 2 is 2.05 bits per heavy atom. The van der Waals surface area contributed by atoms with Gasteiger partial charge in [-0.2, -0.15) is 0 Å². The van der Waals surface area contributed by atoms with Crippen LogP contribution in [-0.4, -0.2) is 50.7 Å². The quantitative estimate of drug-likeness (QED) is 0.712. The zero-order valence-electron chi connectivity index (χ0n) is 14.2. The van der Waals surface area contributed by atoms with E-state index in [1.54, 1.807) is 6.92 Å². The molecule has 1 aliphatic heterocycles. The molecule has 5 heteroatoms. The van der Waals surface area contributed by atoms with Gasteiger partial charge in [0.15, 0.2) is 0 Å². The highest BCUT2D eigenvalue weighted by Gasteiger charge is 2.19. The minimum atomic E-state index is -0.346. The van der Waals surface area contributed by atoms with Gasteiger partial charge in [-0.15, -0.1) is 5.10 Å². The Morgan fingerprint density at radius 1 is 1.27 bits per heavy atom. The van der Waals surface area contributed by atoms with Crippen molar-refractivity contribution in [3.05, 3.63) is 11.9 Å². The number of aliphatic hydroxyl groups is 1. The number of unbranched alkanes of at least 4 members (excludes halogenated alkanes) is 3. The van der Waals surface area contributed by atoms with Gasteiger partial charge < -0.3 is 10.0 Å². The number of rotatable bonds is 9. The van der Waals surface area contributed by atoms with Gasteiger partial charge in [0, 0.05) is 19.2 Å². The van der Waals surface area contributed by atoms with Gasteiger partial charge in [-0.3, -0.25) is 4.68 Å². The van der Waals surface area contributed by atoms with E-state index in [-0.39, 0.29) is 6.10 Å². The van der Waals surface area contributed by atoms with Crippen molar-refractivity contribution in [1.82, 2.24) is 19.9 Å². The molecule has 22 heavy (non-hydrogen) atoms. The van der Waals surface area contributed by atoms with Crippen molar-refractivity contribution in [2.45, 2.75) is 71.4 Å². The molecule has 1 N–H and O–H groups in total. The second kappa shape index (κ2) is 9.26. The van der Waals surface area contributed by atoms with Crippen LogP contribution >= 0.6 is 0 Å². The first-order valence-electron chi connectivity index (χ1n) is 8.96. The van der Waals surface area contributed by atoms with Crippen LogP contribution in [0.25, 0.3) is 0 Å². The molecule has 1 aliphatic rings. The van der Waals surface area contributed by atoms with Gasteiger partial charge in [-0.25, -0.2) is 0 Å².